The van der Waals surface area contributed by atoms with E-state index in [0.717, 1.165) is 12.8 Å². The summed E-state index contributed by atoms with van der Waals surface area (Å²) in [5, 5.41) is 2.53. The van der Waals surface area contributed by atoms with Crippen LogP contribution in [-0.4, -0.2) is 57.3 Å². The first-order valence-corrected chi connectivity index (χ1v) is 10.5. The Bertz CT molecular complexity index is 822. The van der Waals surface area contributed by atoms with Crippen LogP contribution in [0, 0.1) is 5.92 Å². The summed E-state index contributed by atoms with van der Waals surface area (Å²) in [6, 6.07) is 5.49. The number of amides is 2. The van der Waals surface area contributed by atoms with Gasteiger partial charge in [0.15, 0.2) is 6.61 Å². The zero-order chi connectivity index (χ0) is 20.7. The van der Waals surface area contributed by atoms with E-state index in [2.05, 4.69) is 17.0 Å². The minimum atomic E-state index is -3.93. The third-order valence-corrected chi connectivity index (χ3v) is 5.68. The highest BCUT2D eigenvalue weighted by molar-refractivity contribution is 7.89. The van der Waals surface area contributed by atoms with Crippen LogP contribution in [0.5, 0.6) is 0 Å². The standard InChI is InChI=1S/C18H25N3O6S/c1-13-4-3-9-21(11-13)17(23)12-27-18(24)10-19-28(25,26)16-7-5-15(6-8-16)20-14(2)22/h5-8,13,19H,3-4,9-12H2,1-2H3,(H,20,22)/t13-/m1/s1. The van der Waals surface area contributed by atoms with Crippen molar-refractivity contribution in [3.8, 4) is 0 Å². The van der Waals surface area contributed by atoms with Crippen molar-refractivity contribution in [1.29, 1.82) is 0 Å². The Labute approximate surface area is 164 Å². The van der Waals surface area contributed by atoms with Gasteiger partial charge in [-0.25, -0.2) is 8.42 Å². The van der Waals surface area contributed by atoms with Gasteiger partial charge in [-0.2, -0.15) is 4.72 Å². The van der Waals surface area contributed by atoms with Crippen molar-refractivity contribution in [1.82, 2.24) is 9.62 Å². The van der Waals surface area contributed by atoms with Crippen molar-refractivity contribution >= 4 is 33.5 Å². The number of piperidine rings is 1. The monoisotopic (exact) mass is 411 g/mol. The number of carbonyl (C=O) groups is 3. The summed E-state index contributed by atoms with van der Waals surface area (Å²) < 4.78 is 31.4. The first-order valence-electron chi connectivity index (χ1n) is 8.98. The lowest BCUT2D eigenvalue weighted by Crippen LogP contribution is -2.42. The molecule has 28 heavy (non-hydrogen) atoms. The molecule has 1 heterocycles. The zero-order valence-electron chi connectivity index (χ0n) is 15.9. The van der Waals surface area contributed by atoms with Crippen LogP contribution in [0.4, 0.5) is 5.69 Å². The molecule has 0 aliphatic carbocycles. The van der Waals surface area contributed by atoms with Gasteiger partial charge in [0.2, 0.25) is 15.9 Å². The maximum atomic E-state index is 12.2. The van der Waals surface area contributed by atoms with Crippen LogP contribution in [0.1, 0.15) is 26.7 Å². The van der Waals surface area contributed by atoms with Gasteiger partial charge in [-0.15, -0.1) is 0 Å². The van der Waals surface area contributed by atoms with Gasteiger partial charge >= 0.3 is 5.97 Å². The number of ether oxygens (including phenoxy) is 1. The molecule has 0 aromatic heterocycles. The second-order valence-electron chi connectivity index (χ2n) is 6.78. The van der Waals surface area contributed by atoms with Crippen LogP contribution in [-0.2, 0) is 29.1 Å². The predicted octanol–water partition coefficient (Wildman–Crippen LogP) is 0.725. The first kappa shape index (κ1) is 21.8. The van der Waals surface area contributed by atoms with E-state index in [0.29, 0.717) is 24.7 Å². The number of likely N-dealkylation sites (tertiary alicyclic amines) is 1. The average molecular weight is 411 g/mol. The molecule has 1 aliphatic heterocycles. The van der Waals surface area contributed by atoms with E-state index in [1.807, 2.05) is 0 Å². The molecule has 2 amide bonds. The molecule has 1 fully saturated rings. The van der Waals surface area contributed by atoms with Gasteiger partial charge in [-0.05, 0) is 43.0 Å². The lowest BCUT2D eigenvalue weighted by Gasteiger charge is -2.30. The number of nitrogens with one attached hydrogen (secondary N) is 2. The third kappa shape index (κ3) is 6.61. The number of nitrogens with zero attached hydrogens (tertiary/aromatic N) is 1. The van der Waals surface area contributed by atoms with Crippen LogP contribution < -0.4 is 10.0 Å². The zero-order valence-corrected chi connectivity index (χ0v) is 16.8. The summed E-state index contributed by atoms with van der Waals surface area (Å²) in [7, 11) is -3.93. The molecule has 154 valence electrons. The number of benzene rings is 1. The SMILES string of the molecule is CC(=O)Nc1ccc(S(=O)(=O)NCC(=O)OCC(=O)N2CCC[C@@H](C)C2)cc1. The fourth-order valence-corrected chi connectivity index (χ4v) is 3.83. The summed E-state index contributed by atoms with van der Waals surface area (Å²) >= 11 is 0. The van der Waals surface area contributed by atoms with Crippen LogP contribution in [0.3, 0.4) is 0 Å². The Balaban J connectivity index is 1.80. The Morgan fingerprint density at radius 3 is 2.50 bits per heavy atom. The van der Waals surface area contributed by atoms with Crippen molar-refractivity contribution in [2.75, 3.05) is 31.6 Å². The molecule has 1 aromatic carbocycles. The van der Waals surface area contributed by atoms with Crippen LogP contribution >= 0.6 is 0 Å². The molecule has 1 atom stereocenters. The number of esters is 1. The minimum Gasteiger partial charge on any atom is -0.455 e. The van der Waals surface area contributed by atoms with E-state index in [1.165, 1.54) is 31.2 Å². The second-order valence-corrected chi connectivity index (χ2v) is 8.54. The molecule has 9 nitrogen and oxygen atoms in total. The Morgan fingerprint density at radius 2 is 1.89 bits per heavy atom. The number of hydrogen-bond donors (Lipinski definition) is 2. The lowest BCUT2D eigenvalue weighted by atomic mass is 10.0. The van der Waals surface area contributed by atoms with Gasteiger partial charge in [-0.1, -0.05) is 6.92 Å². The summed E-state index contributed by atoms with van der Waals surface area (Å²) in [6.45, 7) is 3.69. The Hall–Kier alpha value is -2.46. The fourth-order valence-electron chi connectivity index (χ4n) is 2.86. The Kier molecular flexibility index (Phi) is 7.53. The molecule has 0 saturated carbocycles. The van der Waals surface area contributed by atoms with Crippen LogP contribution in [0.15, 0.2) is 29.2 Å². The molecule has 0 unspecified atom stereocenters. The van der Waals surface area contributed by atoms with E-state index >= 15 is 0 Å². The van der Waals surface area contributed by atoms with Crippen molar-refractivity contribution in [2.45, 2.75) is 31.6 Å². The molecular weight excluding hydrogens is 386 g/mol. The van der Waals surface area contributed by atoms with Gasteiger partial charge in [0.25, 0.3) is 5.91 Å². The number of sulfonamides is 1. The second kappa shape index (κ2) is 9.65. The van der Waals surface area contributed by atoms with Gasteiger partial charge in [0, 0.05) is 25.7 Å². The lowest BCUT2D eigenvalue weighted by molar-refractivity contribution is -0.151. The smallest absolute Gasteiger partial charge is 0.321 e. The summed E-state index contributed by atoms with van der Waals surface area (Å²) in [6.07, 6.45) is 1.98. The number of rotatable bonds is 7. The molecule has 0 bridgehead atoms. The van der Waals surface area contributed by atoms with Crippen LogP contribution in [0.2, 0.25) is 0 Å². The van der Waals surface area contributed by atoms with Crippen molar-refractivity contribution in [3.63, 3.8) is 0 Å². The van der Waals surface area contributed by atoms with E-state index in [-0.39, 0.29) is 16.7 Å². The van der Waals surface area contributed by atoms with Crippen LogP contribution in [0.25, 0.3) is 0 Å². The molecule has 0 radical (unpaired) electrons. The highest BCUT2D eigenvalue weighted by atomic mass is 32.2. The summed E-state index contributed by atoms with van der Waals surface area (Å²) in [5.74, 6) is -0.976. The maximum Gasteiger partial charge on any atom is 0.321 e. The number of carbonyl (C=O) groups excluding carboxylic acids is 3. The van der Waals surface area contributed by atoms with Crippen molar-refractivity contribution < 1.29 is 27.5 Å². The largest absolute Gasteiger partial charge is 0.455 e. The quantitative estimate of drug-likeness (QED) is 0.638. The molecule has 1 aliphatic rings. The fraction of sp³-hybridized carbons (Fsp3) is 0.500. The molecular formula is C18H25N3O6S. The first-order chi connectivity index (χ1) is 13.2. The molecule has 2 N–H and O–H groups in total. The Morgan fingerprint density at radius 1 is 1.21 bits per heavy atom. The van der Waals surface area contributed by atoms with Gasteiger partial charge in [0.1, 0.15) is 6.54 Å². The summed E-state index contributed by atoms with van der Waals surface area (Å²) in [5.41, 5.74) is 0.455. The predicted molar refractivity (Wildman–Crippen MR) is 102 cm³/mol. The van der Waals surface area contributed by atoms with E-state index in [9.17, 15) is 22.8 Å². The van der Waals surface area contributed by atoms with E-state index in [1.54, 1.807) is 4.90 Å². The number of hydrogen-bond acceptors (Lipinski definition) is 6. The van der Waals surface area contributed by atoms with Gasteiger partial charge < -0.3 is 15.0 Å². The highest BCUT2D eigenvalue weighted by Crippen LogP contribution is 2.16. The molecule has 1 saturated heterocycles. The normalized spacial score (nSPS) is 17.1. The van der Waals surface area contributed by atoms with Gasteiger partial charge in [0.05, 0.1) is 4.90 Å². The average Bonchev–Trinajstić information content (AvgIpc) is 2.64. The van der Waals surface area contributed by atoms with Crippen molar-refractivity contribution in [3.05, 3.63) is 24.3 Å². The van der Waals surface area contributed by atoms with Crippen molar-refractivity contribution in [2.24, 2.45) is 5.92 Å². The minimum absolute atomic E-state index is 0.0622. The molecule has 10 heteroatoms. The topological polar surface area (TPSA) is 122 Å². The third-order valence-electron chi connectivity index (χ3n) is 4.26. The molecule has 1 aromatic rings. The molecule has 2 rings (SSSR count). The van der Waals surface area contributed by atoms with E-state index < -0.39 is 29.1 Å². The van der Waals surface area contributed by atoms with E-state index in [4.69, 9.17) is 4.74 Å². The number of anilines is 1. The highest BCUT2D eigenvalue weighted by Gasteiger charge is 2.22. The molecule has 0 spiro atoms. The maximum absolute atomic E-state index is 12.2. The van der Waals surface area contributed by atoms with Gasteiger partial charge in [-0.3, -0.25) is 14.4 Å². The summed E-state index contributed by atoms with van der Waals surface area (Å²) in [4.78, 5) is 36.4.